The molecule has 6 heteroatoms. The minimum Gasteiger partial charge on any atom is -0.396 e. The van der Waals surface area contributed by atoms with E-state index in [0.29, 0.717) is 17.0 Å². The van der Waals surface area contributed by atoms with Crippen LogP contribution >= 0.6 is 11.6 Å². The van der Waals surface area contributed by atoms with E-state index in [2.05, 4.69) is 40.8 Å². The van der Waals surface area contributed by atoms with Gasteiger partial charge in [-0.25, -0.2) is 4.98 Å². The highest BCUT2D eigenvalue weighted by molar-refractivity contribution is 6.30. The molecule has 1 aromatic rings. The number of hydrogen-bond acceptors (Lipinski definition) is 4. The second kappa shape index (κ2) is 9.02. The highest BCUT2D eigenvalue weighted by atomic mass is 35.5. The van der Waals surface area contributed by atoms with Crippen molar-refractivity contribution in [1.82, 2.24) is 19.8 Å². The summed E-state index contributed by atoms with van der Waals surface area (Å²) in [6.45, 7) is 6.27. The standard InChI is InChI=1S/C17H31ClN4O/c1-4-5-6-16-19-15(17(18)20-16)11-22-9-13(8-21(2)3)7-14(10-22)12-23/h13-14,23H,4-12H2,1-3H3,(H,19,20)/t13-,14+/m1/s1. The number of halogens is 1. The SMILES string of the molecule is CCCCc1nc(Cl)c(CN2C[C@@H](CN(C)C)C[C@H](CO)C2)[nH]1. The summed E-state index contributed by atoms with van der Waals surface area (Å²) in [6.07, 6.45) is 4.34. The Bertz CT molecular complexity index is 477. The molecular weight excluding hydrogens is 312 g/mol. The van der Waals surface area contributed by atoms with E-state index in [1.807, 2.05) is 0 Å². The summed E-state index contributed by atoms with van der Waals surface area (Å²) in [5.41, 5.74) is 1.01. The number of aryl methyl sites for hydroxylation is 1. The van der Waals surface area contributed by atoms with Gasteiger partial charge in [-0.05, 0) is 38.8 Å². The van der Waals surface area contributed by atoms with Gasteiger partial charge in [-0.2, -0.15) is 0 Å². The first-order valence-electron chi connectivity index (χ1n) is 8.73. The lowest BCUT2D eigenvalue weighted by atomic mass is 9.89. The van der Waals surface area contributed by atoms with Crippen LogP contribution in [0.3, 0.4) is 0 Å². The maximum Gasteiger partial charge on any atom is 0.151 e. The number of hydrogen-bond donors (Lipinski definition) is 2. The number of imidazole rings is 1. The van der Waals surface area contributed by atoms with Gasteiger partial charge < -0.3 is 15.0 Å². The Morgan fingerprint density at radius 3 is 2.74 bits per heavy atom. The Morgan fingerprint density at radius 1 is 1.35 bits per heavy atom. The maximum absolute atomic E-state index is 9.60. The molecule has 2 heterocycles. The first-order valence-corrected chi connectivity index (χ1v) is 9.10. The molecule has 2 N–H and O–H groups in total. The molecule has 0 amide bonds. The molecule has 1 aliphatic rings. The van der Waals surface area contributed by atoms with Crippen LogP contribution in [0.2, 0.25) is 5.15 Å². The van der Waals surface area contributed by atoms with Gasteiger partial charge in [0.2, 0.25) is 0 Å². The van der Waals surface area contributed by atoms with Crippen molar-refractivity contribution in [2.75, 3.05) is 40.3 Å². The molecule has 23 heavy (non-hydrogen) atoms. The number of nitrogens with zero attached hydrogens (tertiary/aromatic N) is 3. The molecule has 2 rings (SSSR count). The molecule has 2 atom stereocenters. The normalized spacial score (nSPS) is 22.9. The highest BCUT2D eigenvalue weighted by Crippen LogP contribution is 2.25. The predicted octanol–water partition coefficient (Wildman–Crippen LogP) is 2.40. The third kappa shape index (κ3) is 5.75. The van der Waals surface area contributed by atoms with Crippen LogP contribution in [-0.4, -0.2) is 65.2 Å². The average molecular weight is 343 g/mol. The smallest absolute Gasteiger partial charge is 0.151 e. The second-order valence-corrected chi connectivity index (χ2v) is 7.52. The fraction of sp³-hybridized carbons (Fsp3) is 0.824. The molecule has 1 fully saturated rings. The minimum atomic E-state index is 0.263. The molecule has 1 aromatic heterocycles. The number of piperidine rings is 1. The van der Waals surface area contributed by atoms with Gasteiger partial charge in [0.05, 0.1) is 5.69 Å². The van der Waals surface area contributed by atoms with Crippen LogP contribution < -0.4 is 0 Å². The van der Waals surface area contributed by atoms with Crippen molar-refractivity contribution in [2.24, 2.45) is 11.8 Å². The van der Waals surface area contributed by atoms with Gasteiger partial charge in [-0.15, -0.1) is 0 Å². The summed E-state index contributed by atoms with van der Waals surface area (Å²) in [4.78, 5) is 12.5. The molecule has 0 aliphatic carbocycles. The first kappa shape index (κ1) is 18.7. The van der Waals surface area contributed by atoms with E-state index in [1.165, 1.54) is 0 Å². The summed E-state index contributed by atoms with van der Waals surface area (Å²) in [6, 6.07) is 0. The molecule has 0 bridgehead atoms. The number of nitrogens with one attached hydrogen (secondary N) is 1. The van der Waals surface area contributed by atoms with Gasteiger partial charge in [0.15, 0.2) is 5.15 Å². The van der Waals surface area contributed by atoms with Crippen molar-refractivity contribution in [2.45, 2.75) is 39.2 Å². The van der Waals surface area contributed by atoms with Crippen LogP contribution in [0.4, 0.5) is 0 Å². The third-order valence-corrected chi connectivity index (χ3v) is 4.82. The van der Waals surface area contributed by atoms with Crippen molar-refractivity contribution < 1.29 is 5.11 Å². The summed E-state index contributed by atoms with van der Waals surface area (Å²) >= 11 is 6.31. The Morgan fingerprint density at radius 2 is 2.09 bits per heavy atom. The Labute approximate surface area is 145 Å². The van der Waals surface area contributed by atoms with Crippen LogP contribution in [0, 0.1) is 11.8 Å². The van der Waals surface area contributed by atoms with Crippen LogP contribution in [-0.2, 0) is 13.0 Å². The van der Waals surface area contributed by atoms with Crippen LogP contribution in [0.15, 0.2) is 0 Å². The molecule has 132 valence electrons. The predicted molar refractivity (Wildman–Crippen MR) is 94.7 cm³/mol. The zero-order chi connectivity index (χ0) is 16.8. The van der Waals surface area contributed by atoms with Crippen LogP contribution in [0.25, 0.3) is 0 Å². The number of rotatable bonds is 8. The number of H-pyrrole nitrogens is 1. The van der Waals surface area contributed by atoms with Crippen molar-refractivity contribution in [1.29, 1.82) is 0 Å². The van der Waals surface area contributed by atoms with Gasteiger partial charge >= 0.3 is 0 Å². The number of aromatic amines is 1. The molecule has 1 saturated heterocycles. The van der Waals surface area contributed by atoms with Crippen molar-refractivity contribution >= 4 is 11.6 Å². The Kier molecular flexibility index (Phi) is 7.34. The fourth-order valence-corrected chi connectivity index (χ4v) is 3.78. The molecule has 0 radical (unpaired) electrons. The van der Waals surface area contributed by atoms with Crippen molar-refractivity contribution in [3.8, 4) is 0 Å². The highest BCUT2D eigenvalue weighted by Gasteiger charge is 2.28. The molecule has 0 aromatic carbocycles. The number of aliphatic hydroxyl groups excluding tert-OH is 1. The van der Waals surface area contributed by atoms with Gasteiger partial charge in [-0.3, -0.25) is 4.90 Å². The summed E-state index contributed by atoms with van der Waals surface area (Å²) < 4.78 is 0. The molecule has 0 unspecified atom stereocenters. The number of aliphatic hydroxyl groups is 1. The quantitative estimate of drug-likeness (QED) is 0.761. The van der Waals surface area contributed by atoms with E-state index in [0.717, 1.165) is 63.4 Å². The fourth-order valence-electron chi connectivity index (χ4n) is 3.57. The van der Waals surface area contributed by atoms with E-state index >= 15 is 0 Å². The first-order chi connectivity index (χ1) is 11.0. The van der Waals surface area contributed by atoms with Gasteiger partial charge in [0.1, 0.15) is 5.82 Å². The summed E-state index contributed by atoms with van der Waals surface area (Å²) in [7, 11) is 4.22. The molecule has 1 aliphatic heterocycles. The molecular formula is C17H31ClN4O. The van der Waals surface area contributed by atoms with Gasteiger partial charge in [-0.1, -0.05) is 24.9 Å². The van der Waals surface area contributed by atoms with Gasteiger partial charge in [0, 0.05) is 39.2 Å². The van der Waals surface area contributed by atoms with E-state index in [-0.39, 0.29) is 6.61 Å². The Hall–Kier alpha value is -0.620. The van der Waals surface area contributed by atoms with E-state index in [4.69, 9.17) is 11.6 Å². The number of likely N-dealkylation sites (tertiary alicyclic amines) is 1. The number of aromatic nitrogens is 2. The lowest BCUT2D eigenvalue weighted by molar-refractivity contribution is 0.0686. The average Bonchev–Trinajstić information content (AvgIpc) is 2.84. The molecule has 0 spiro atoms. The second-order valence-electron chi connectivity index (χ2n) is 7.16. The molecule has 5 nitrogen and oxygen atoms in total. The minimum absolute atomic E-state index is 0.263. The van der Waals surface area contributed by atoms with Crippen molar-refractivity contribution in [3.63, 3.8) is 0 Å². The van der Waals surface area contributed by atoms with Crippen molar-refractivity contribution in [3.05, 3.63) is 16.7 Å². The maximum atomic E-state index is 9.60. The van der Waals surface area contributed by atoms with Crippen LogP contribution in [0.1, 0.15) is 37.7 Å². The zero-order valence-electron chi connectivity index (χ0n) is 14.7. The monoisotopic (exact) mass is 342 g/mol. The molecule has 0 saturated carbocycles. The van der Waals surface area contributed by atoms with Crippen LogP contribution in [0.5, 0.6) is 0 Å². The third-order valence-electron chi connectivity index (χ3n) is 4.51. The largest absolute Gasteiger partial charge is 0.396 e. The lowest BCUT2D eigenvalue weighted by Gasteiger charge is -2.38. The van der Waals surface area contributed by atoms with E-state index < -0.39 is 0 Å². The van der Waals surface area contributed by atoms with E-state index in [1.54, 1.807) is 0 Å². The lowest BCUT2D eigenvalue weighted by Crippen LogP contribution is -2.44. The zero-order valence-corrected chi connectivity index (χ0v) is 15.4. The van der Waals surface area contributed by atoms with Gasteiger partial charge in [0.25, 0.3) is 0 Å². The summed E-state index contributed by atoms with van der Waals surface area (Å²) in [5, 5.41) is 10.2. The number of unbranched alkanes of at least 4 members (excludes halogenated alkanes) is 1. The topological polar surface area (TPSA) is 55.4 Å². The Balaban J connectivity index is 1.98. The van der Waals surface area contributed by atoms with E-state index in [9.17, 15) is 5.11 Å². The summed E-state index contributed by atoms with van der Waals surface area (Å²) in [5.74, 6) is 1.94.